The lowest BCUT2D eigenvalue weighted by Crippen LogP contribution is -2.02. The molecule has 2 rings (SSSR count). The first kappa shape index (κ1) is 6.72. The summed E-state index contributed by atoms with van der Waals surface area (Å²) in [6.45, 7) is 4.03. The third kappa shape index (κ3) is 1.01. The Balaban J connectivity index is 2.59. The average molecular weight is 142 g/mol. The SMILES string of the molecule is Bc1ccc2c(c1)CCC2=C. The zero-order chi connectivity index (χ0) is 7.84. The molecule has 0 saturated carbocycles. The van der Waals surface area contributed by atoms with Crippen molar-refractivity contribution in [2.75, 3.05) is 0 Å². The van der Waals surface area contributed by atoms with Crippen LogP contribution < -0.4 is 5.46 Å². The molecule has 0 bridgehead atoms. The number of aryl methyl sites for hydroxylation is 1. The van der Waals surface area contributed by atoms with Crippen molar-refractivity contribution in [3.8, 4) is 0 Å². The van der Waals surface area contributed by atoms with Crippen LogP contribution in [-0.2, 0) is 6.42 Å². The molecule has 0 saturated heterocycles. The molecule has 54 valence electrons. The van der Waals surface area contributed by atoms with Gasteiger partial charge in [-0.15, -0.1) is 0 Å². The molecular weight excluding hydrogens is 131 g/mol. The van der Waals surface area contributed by atoms with E-state index in [2.05, 4.69) is 32.6 Å². The first-order chi connectivity index (χ1) is 5.27. The van der Waals surface area contributed by atoms with Crippen LogP contribution in [0.1, 0.15) is 17.5 Å². The number of hydrogen-bond donors (Lipinski definition) is 0. The van der Waals surface area contributed by atoms with Crippen molar-refractivity contribution in [2.45, 2.75) is 12.8 Å². The van der Waals surface area contributed by atoms with Crippen LogP contribution in [0.5, 0.6) is 0 Å². The van der Waals surface area contributed by atoms with Gasteiger partial charge < -0.3 is 0 Å². The van der Waals surface area contributed by atoms with Gasteiger partial charge in [-0.25, -0.2) is 0 Å². The molecule has 0 nitrogen and oxygen atoms in total. The fourth-order valence-electron chi connectivity index (χ4n) is 1.69. The quantitative estimate of drug-likeness (QED) is 0.472. The van der Waals surface area contributed by atoms with Gasteiger partial charge in [0.1, 0.15) is 7.85 Å². The van der Waals surface area contributed by atoms with E-state index in [1.54, 1.807) is 0 Å². The van der Waals surface area contributed by atoms with Crippen LogP contribution in [0.4, 0.5) is 0 Å². The molecule has 0 aliphatic heterocycles. The lowest BCUT2D eigenvalue weighted by Gasteiger charge is -1.99. The lowest BCUT2D eigenvalue weighted by atomic mass is 9.92. The Hall–Kier alpha value is -0.975. The van der Waals surface area contributed by atoms with E-state index in [9.17, 15) is 0 Å². The van der Waals surface area contributed by atoms with Crippen molar-refractivity contribution >= 4 is 18.9 Å². The first-order valence-corrected chi connectivity index (χ1v) is 4.05. The van der Waals surface area contributed by atoms with E-state index in [-0.39, 0.29) is 0 Å². The van der Waals surface area contributed by atoms with Gasteiger partial charge in [-0.2, -0.15) is 0 Å². The summed E-state index contributed by atoms with van der Waals surface area (Å²) in [5, 5.41) is 0. The molecular formula is C10H11B. The van der Waals surface area contributed by atoms with Gasteiger partial charge in [-0.05, 0) is 29.5 Å². The summed E-state index contributed by atoms with van der Waals surface area (Å²) in [5.41, 5.74) is 5.53. The zero-order valence-corrected chi connectivity index (χ0v) is 6.85. The lowest BCUT2D eigenvalue weighted by molar-refractivity contribution is 1.08. The van der Waals surface area contributed by atoms with E-state index in [4.69, 9.17) is 0 Å². The smallest absolute Gasteiger partial charge is 0.0952 e. The molecule has 1 aliphatic rings. The van der Waals surface area contributed by atoms with Crippen LogP contribution in [0.15, 0.2) is 24.8 Å². The fraction of sp³-hybridized carbons (Fsp3) is 0.200. The molecule has 1 heteroatoms. The van der Waals surface area contributed by atoms with E-state index < -0.39 is 0 Å². The Morgan fingerprint density at radius 1 is 1.27 bits per heavy atom. The Kier molecular flexibility index (Phi) is 1.38. The third-order valence-electron chi connectivity index (χ3n) is 2.34. The van der Waals surface area contributed by atoms with Crippen molar-refractivity contribution in [3.63, 3.8) is 0 Å². The predicted molar refractivity (Wildman–Crippen MR) is 52.0 cm³/mol. The van der Waals surface area contributed by atoms with Crippen molar-refractivity contribution < 1.29 is 0 Å². The summed E-state index contributed by atoms with van der Waals surface area (Å²) in [5.74, 6) is 0. The average Bonchev–Trinajstić information content (AvgIpc) is 2.32. The summed E-state index contributed by atoms with van der Waals surface area (Å²) in [6, 6.07) is 6.63. The van der Waals surface area contributed by atoms with Crippen LogP contribution >= 0.6 is 0 Å². The molecule has 0 fully saturated rings. The Bertz CT molecular complexity index is 313. The summed E-state index contributed by atoms with van der Waals surface area (Å²) in [4.78, 5) is 0. The minimum Gasteiger partial charge on any atom is -0.0952 e. The third-order valence-corrected chi connectivity index (χ3v) is 2.34. The molecule has 0 radical (unpaired) electrons. The number of hydrogen-bond acceptors (Lipinski definition) is 0. The molecule has 0 unspecified atom stereocenters. The molecule has 1 aromatic rings. The largest absolute Gasteiger partial charge is 0.139 e. The summed E-state index contributed by atoms with van der Waals surface area (Å²) in [7, 11) is 2.14. The molecule has 0 aromatic heterocycles. The van der Waals surface area contributed by atoms with Crippen molar-refractivity contribution in [2.24, 2.45) is 0 Å². The molecule has 0 amide bonds. The number of allylic oxidation sites excluding steroid dienone is 1. The molecule has 0 spiro atoms. The maximum atomic E-state index is 4.03. The van der Waals surface area contributed by atoms with E-state index in [1.807, 2.05) is 0 Å². The second-order valence-electron chi connectivity index (χ2n) is 3.26. The van der Waals surface area contributed by atoms with Gasteiger partial charge in [-0.1, -0.05) is 30.2 Å². The standard InChI is InChI=1S/C10H11B/c1-7-2-3-8-6-9(11)4-5-10(7)8/h4-6H,1-3,11H2. The van der Waals surface area contributed by atoms with E-state index in [0.717, 1.165) is 6.42 Å². The van der Waals surface area contributed by atoms with E-state index in [1.165, 1.54) is 28.6 Å². The zero-order valence-electron chi connectivity index (χ0n) is 6.85. The maximum Gasteiger partial charge on any atom is 0.139 e. The van der Waals surface area contributed by atoms with Gasteiger partial charge in [0, 0.05) is 0 Å². The van der Waals surface area contributed by atoms with Crippen LogP contribution in [0, 0.1) is 0 Å². The number of rotatable bonds is 0. The monoisotopic (exact) mass is 142 g/mol. The summed E-state index contributed by atoms with van der Waals surface area (Å²) in [6.07, 6.45) is 2.34. The molecule has 0 N–H and O–H groups in total. The van der Waals surface area contributed by atoms with Gasteiger partial charge >= 0.3 is 0 Å². The van der Waals surface area contributed by atoms with Gasteiger partial charge in [0.15, 0.2) is 0 Å². The molecule has 1 aromatic carbocycles. The second-order valence-corrected chi connectivity index (χ2v) is 3.26. The van der Waals surface area contributed by atoms with Crippen LogP contribution in [0.25, 0.3) is 5.57 Å². The maximum absolute atomic E-state index is 4.03. The molecule has 0 heterocycles. The van der Waals surface area contributed by atoms with Crippen LogP contribution in [0.2, 0.25) is 0 Å². The summed E-state index contributed by atoms with van der Waals surface area (Å²) >= 11 is 0. The highest BCUT2D eigenvalue weighted by Gasteiger charge is 2.12. The first-order valence-electron chi connectivity index (χ1n) is 4.05. The van der Waals surface area contributed by atoms with Gasteiger partial charge in [0.2, 0.25) is 0 Å². The van der Waals surface area contributed by atoms with Crippen LogP contribution in [-0.4, -0.2) is 7.85 Å². The normalized spacial score (nSPS) is 15.1. The Morgan fingerprint density at radius 2 is 2.09 bits per heavy atom. The van der Waals surface area contributed by atoms with Gasteiger partial charge in [0.05, 0.1) is 0 Å². The molecule has 0 atom stereocenters. The Labute approximate surface area is 68.3 Å². The van der Waals surface area contributed by atoms with Crippen molar-refractivity contribution in [3.05, 3.63) is 35.9 Å². The minimum absolute atomic E-state index is 1.15. The van der Waals surface area contributed by atoms with E-state index in [0.29, 0.717) is 0 Å². The second kappa shape index (κ2) is 2.26. The van der Waals surface area contributed by atoms with Gasteiger partial charge in [0.25, 0.3) is 0 Å². The van der Waals surface area contributed by atoms with Gasteiger partial charge in [-0.3, -0.25) is 0 Å². The number of benzene rings is 1. The predicted octanol–water partition coefficient (Wildman–Crippen LogP) is 0.904. The highest BCUT2D eigenvalue weighted by atomic mass is 14.2. The molecule has 11 heavy (non-hydrogen) atoms. The summed E-state index contributed by atoms with van der Waals surface area (Å²) < 4.78 is 0. The fourth-order valence-corrected chi connectivity index (χ4v) is 1.69. The topological polar surface area (TPSA) is 0 Å². The van der Waals surface area contributed by atoms with E-state index >= 15 is 0 Å². The minimum atomic E-state index is 1.15. The molecule has 1 aliphatic carbocycles. The Morgan fingerprint density at radius 3 is 2.91 bits per heavy atom. The highest BCUT2D eigenvalue weighted by molar-refractivity contribution is 6.32. The highest BCUT2D eigenvalue weighted by Crippen LogP contribution is 2.29. The van der Waals surface area contributed by atoms with Crippen molar-refractivity contribution in [1.82, 2.24) is 0 Å². The number of fused-ring (bicyclic) bond motifs is 1. The van der Waals surface area contributed by atoms with Crippen LogP contribution in [0.3, 0.4) is 0 Å². The van der Waals surface area contributed by atoms with Crippen molar-refractivity contribution in [1.29, 1.82) is 0 Å².